The SMILES string of the molecule is OC1(CN2CCC(n3cc(Br)cn3)C2)COCCOC1. The molecule has 6 nitrogen and oxygen atoms in total. The van der Waals surface area contributed by atoms with Crippen LogP contribution >= 0.6 is 15.9 Å². The van der Waals surface area contributed by atoms with Crippen molar-refractivity contribution in [2.24, 2.45) is 0 Å². The van der Waals surface area contributed by atoms with Crippen LogP contribution in [0.5, 0.6) is 0 Å². The molecule has 0 spiro atoms. The van der Waals surface area contributed by atoms with Crippen molar-refractivity contribution in [2.75, 3.05) is 46.1 Å². The second kappa shape index (κ2) is 6.11. The maximum atomic E-state index is 10.6. The third-order valence-electron chi connectivity index (χ3n) is 3.82. The monoisotopic (exact) mass is 345 g/mol. The number of likely N-dealkylation sites (tertiary alicyclic amines) is 1. The van der Waals surface area contributed by atoms with E-state index in [1.807, 2.05) is 17.1 Å². The zero-order valence-corrected chi connectivity index (χ0v) is 13.0. The van der Waals surface area contributed by atoms with Gasteiger partial charge in [0.25, 0.3) is 0 Å². The number of rotatable bonds is 3. The van der Waals surface area contributed by atoms with Crippen LogP contribution in [0.25, 0.3) is 0 Å². The summed E-state index contributed by atoms with van der Waals surface area (Å²) in [6.45, 7) is 4.27. The third kappa shape index (κ3) is 3.40. The summed E-state index contributed by atoms with van der Waals surface area (Å²) in [5.74, 6) is 0. The van der Waals surface area contributed by atoms with Gasteiger partial charge in [0.05, 0.1) is 43.1 Å². The third-order valence-corrected chi connectivity index (χ3v) is 4.23. The standard InChI is InChI=1S/C13H20BrN3O3/c14-11-5-15-17(6-11)12-1-2-16(7-12)8-13(18)9-19-3-4-20-10-13/h5-6,12,18H,1-4,7-10H2. The van der Waals surface area contributed by atoms with Crippen LogP contribution in [-0.2, 0) is 9.47 Å². The first-order chi connectivity index (χ1) is 9.65. The number of halogens is 1. The molecule has 2 saturated heterocycles. The maximum Gasteiger partial charge on any atom is 0.124 e. The molecule has 7 heteroatoms. The van der Waals surface area contributed by atoms with Gasteiger partial charge in [0.2, 0.25) is 0 Å². The number of aromatic nitrogens is 2. The largest absolute Gasteiger partial charge is 0.384 e. The minimum absolute atomic E-state index is 0.349. The molecule has 0 aromatic carbocycles. The summed E-state index contributed by atoms with van der Waals surface area (Å²) >= 11 is 3.42. The molecule has 1 aromatic rings. The van der Waals surface area contributed by atoms with Crippen LogP contribution in [-0.4, -0.2) is 71.4 Å². The fourth-order valence-corrected chi connectivity index (χ4v) is 3.18. The second-order valence-corrected chi connectivity index (χ2v) is 6.56. The Labute approximate surface area is 126 Å². The molecule has 1 N–H and O–H groups in total. The lowest BCUT2D eigenvalue weighted by Crippen LogP contribution is -2.48. The van der Waals surface area contributed by atoms with E-state index in [9.17, 15) is 5.11 Å². The zero-order valence-electron chi connectivity index (χ0n) is 11.4. The van der Waals surface area contributed by atoms with E-state index in [2.05, 4.69) is 25.9 Å². The molecule has 0 aliphatic carbocycles. The van der Waals surface area contributed by atoms with Crippen LogP contribution < -0.4 is 0 Å². The van der Waals surface area contributed by atoms with Gasteiger partial charge in [0, 0.05) is 25.8 Å². The highest BCUT2D eigenvalue weighted by Crippen LogP contribution is 2.24. The Morgan fingerprint density at radius 3 is 2.80 bits per heavy atom. The molecule has 0 radical (unpaired) electrons. The predicted molar refractivity (Wildman–Crippen MR) is 76.6 cm³/mol. The Bertz CT molecular complexity index is 446. The molecular formula is C13H20BrN3O3. The van der Waals surface area contributed by atoms with Gasteiger partial charge in [-0.2, -0.15) is 5.10 Å². The van der Waals surface area contributed by atoms with E-state index < -0.39 is 5.60 Å². The van der Waals surface area contributed by atoms with Crippen LogP contribution in [0, 0.1) is 0 Å². The van der Waals surface area contributed by atoms with Gasteiger partial charge >= 0.3 is 0 Å². The van der Waals surface area contributed by atoms with Gasteiger partial charge in [0.1, 0.15) is 5.60 Å². The molecule has 112 valence electrons. The lowest BCUT2D eigenvalue weighted by Gasteiger charge is -2.30. The highest BCUT2D eigenvalue weighted by Gasteiger charge is 2.35. The van der Waals surface area contributed by atoms with Crippen molar-refractivity contribution >= 4 is 15.9 Å². The van der Waals surface area contributed by atoms with Crippen LogP contribution in [0.4, 0.5) is 0 Å². The average Bonchev–Trinajstić information content (AvgIpc) is 2.97. The van der Waals surface area contributed by atoms with E-state index in [1.165, 1.54) is 0 Å². The molecule has 2 aliphatic rings. The van der Waals surface area contributed by atoms with Crippen molar-refractivity contribution < 1.29 is 14.6 Å². The molecule has 0 saturated carbocycles. The number of hydrogen-bond acceptors (Lipinski definition) is 5. The van der Waals surface area contributed by atoms with Crippen molar-refractivity contribution in [1.82, 2.24) is 14.7 Å². The van der Waals surface area contributed by atoms with Crippen molar-refractivity contribution in [1.29, 1.82) is 0 Å². The van der Waals surface area contributed by atoms with Gasteiger partial charge in [-0.3, -0.25) is 9.58 Å². The van der Waals surface area contributed by atoms with E-state index in [0.29, 0.717) is 39.0 Å². The number of aliphatic hydroxyl groups is 1. The lowest BCUT2D eigenvalue weighted by molar-refractivity contribution is -0.0715. The van der Waals surface area contributed by atoms with Crippen molar-refractivity contribution in [3.63, 3.8) is 0 Å². The van der Waals surface area contributed by atoms with E-state index >= 15 is 0 Å². The Kier molecular flexibility index (Phi) is 4.42. The number of ether oxygens (including phenoxy) is 2. The molecule has 0 bridgehead atoms. The number of hydrogen-bond donors (Lipinski definition) is 1. The Hall–Kier alpha value is -0.470. The highest BCUT2D eigenvalue weighted by molar-refractivity contribution is 9.10. The van der Waals surface area contributed by atoms with E-state index in [4.69, 9.17) is 9.47 Å². The highest BCUT2D eigenvalue weighted by atomic mass is 79.9. The summed E-state index contributed by atoms with van der Waals surface area (Å²) in [5.41, 5.74) is -0.893. The quantitative estimate of drug-likeness (QED) is 0.872. The van der Waals surface area contributed by atoms with Crippen LogP contribution in [0.15, 0.2) is 16.9 Å². The fraction of sp³-hybridized carbons (Fsp3) is 0.769. The first kappa shape index (κ1) is 14.5. The van der Waals surface area contributed by atoms with Gasteiger partial charge in [-0.25, -0.2) is 0 Å². The number of nitrogens with zero attached hydrogens (tertiary/aromatic N) is 3. The topological polar surface area (TPSA) is 59.8 Å². The van der Waals surface area contributed by atoms with Crippen LogP contribution in [0.3, 0.4) is 0 Å². The normalized spacial score (nSPS) is 27.6. The van der Waals surface area contributed by atoms with Gasteiger partial charge in [-0.15, -0.1) is 0 Å². The van der Waals surface area contributed by atoms with Crippen molar-refractivity contribution in [3.8, 4) is 0 Å². The molecule has 0 amide bonds. The summed E-state index contributed by atoms with van der Waals surface area (Å²) < 4.78 is 13.8. The van der Waals surface area contributed by atoms with E-state index in [0.717, 1.165) is 24.0 Å². The molecule has 20 heavy (non-hydrogen) atoms. The molecule has 2 aliphatic heterocycles. The summed E-state index contributed by atoms with van der Waals surface area (Å²) in [4.78, 5) is 2.26. The van der Waals surface area contributed by atoms with Crippen LogP contribution in [0.1, 0.15) is 12.5 Å². The van der Waals surface area contributed by atoms with Gasteiger partial charge in [-0.1, -0.05) is 0 Å². The Morgan fingerprint density at radius 2 is 2.15 bits per heavy atom. The minimum atomic E-state index is -0.893. The average molecular weight is 346 g/mol. The summed E-state index contributed by atoms with van der Waals surface area (Å²) in [6, 6.07) is 0.373. The first-order valence-electron chi connectivity index (χ1n) is 6.95. The molecule has 3 rings (SSSR count). The molecule has 1 aromatic heterocycles. The summed E-state index contributed by atoms with van der Waals surface area (Å²) in [6.07, 6.45) is 4.86. The number of β-amino-alcohol motifs (C(OH)–C–C–N with tert-alkyl or cyclic N) is 1. The second-order valence-electron chi connectivity index (χ2n) is 5.65. The minimum Gasteiger partial charge on any atom is -0.384 e. The summed E-state index contributed by atoms with van der Waals surface area (Å²) in [7, 11) is 0. The fourth-order valence-electron chi connectivity index (χ4n) is 2.88. The predicted octanol–water partition coefficient (Wildman–Crippen LogP) is 0.670. The van der Waals surface area contributed by atoms with Crippen LogP contribution in [0.2, 0.25) is 0 Å². The van der Waals surface area contributed by atoms with Gasteiger partial charge in [-0.05, 0) is 22.4 Å². The lowest BCUT2D eigenvalue weighted by atomic mass is 10.1. The van der Waals surface area contributed by atoms with Crippen molar-refractivity contribution in [3.05, 3.63) is 16.9 Å². The molecular weight excluding hydrogens is 326 g/mol. The van der Waals surface area contributed by atoms with E-state index in [-0.39, 0.29) is 0 Å². The smallest absolute Gasteiger partial charge is 0.124 e. The summed E-state index contributed by atoms with van der Waals surface area (Å²) in [5, 5.41) is 14.9. The molecule has 2 fully saturated rings. The maximum absolute atomic E-state index is 10.6. The Morgan fingerprint density at radius 1 is 1.40 bits per heavy atom. The van der Waals surface area contributed by atoms with Crippen molar-refractivity contribution in [2.45, 2.75) is 18.1 Å². The molecule has 3 heterocycles. The van der Waals surface area contributed by atoms with Gasteiger partial charge < -0.3 is 14.6 Å². The molecule has 1 atom stereocenters. The van der Waals surface area contributed by atoms with E-state index in [1.54, 1.807) is 0 Å². The molecule has 1 unspecified atom stereocenters. The Balaban J connectivity index is 1.57. The zero-order chi connectivity index (χ0) is 14.0. The van der Waals surface area contributed by atoms with Gasteiger partial charge in [0.15, 0.2) is 0 Å². The first-order valence-corrected chi connectivity index (χ1v) is 7.74.